The van der Waals surface area contributed by atoms with Crippen LogP contribution in [-0.4, -0.2) is 11.1 Å². The van der Waals surface area contributed by atoms with Gasteiger partial charge in [-0.05, 0) is 41.0 Å². The highest BCUT2D eigenvalue weighted by atomic mass is 16.6. The quantitative estimate of drug-likeness (QED) is 0.176. The summed E-state index contributed by atoms with van der Waals surface area (Å²) in [6.07, 6.45) is 1.58. The van der Waals surface area contributed by atoms with E-state index >= 15 is 0 Å². The summed E-state index contributed by atoms with van der Waals surface area (Å²) in [5.41, 5.74) is 5.84. The number of ether oxygens (including phenoxy) is 2. The Kier molecular flexibility index (Phi) is 7.48. The fourth-order valence-corrected chi connectivity index (χ4v) is 3.21. The molecule has 0 aliphatic heterocycles. The van der Waals surface area contributed by atoms with E-state index in [-0.39, 0.29) is 5.69 Å². The third-order valence-corrected chi connectivity index (χ3v) is 4.94. The zero-order valence-electron chi connectivity index (χ0n) is 18.3. The second-order valence-electron chi connectivity index (χ2n) is 7.40. The predicted octanol–water partition coefficient (Wildman–Crippen LogP) is 6.20. The highest BCUT2D eigenvalue weighted by Gasteiger charge is 2.11. The Hall–Kier alpha value is -4.65. The number of benzene rings is 4. The summed E-state index contributed by atoms with van der Waals surface area (Å²) in [5, 5.41) is 15.3. The molecule has 0 bridgehead atoms. The molecule has 7 heteroatoms. The molecule has 0 saturated heterocycles. The summed E-state index contributed by atoms with van der Waals surface area (Å²) < 4.78 is 12.1. The largest absolute Gasteiger partial charge is 0.485 e. The van der Waals surface area contributed by atoms with Crippen molar-refractivity contribution in [3.63, 3.8) is 0 Å². The minimum atomic E-state index is -0.452. The second kappa shape index (κ2) is 11.3. The van der Waals surface area contributed by atoms with Gasteiger partial charge in [0.15, 0.2) is 11.5 Å². The van der Waals surface area contributed by atoms with Gasteiger partial charge >= 0.3 is 0 Å². The molecule has 0 fully saturated rings. The molecule has 0 saturated carbocycles. The van der Waals surface area contributed by atoms with Crippen molar-refractivity contribution in [2.45, 2.75) is 13.2 Å². The SMILES string of the molecule is O=[N+]([O-])c1ccccc1NN=Cc1ccc(OCc2ccccc2)c(OCc2ccccc2)c1. The smallest absolute Gasteiger partial charge is 0.294 e. The van der Waals surface area contributed by atoms with E-state index in [9.17, 15) is 10.1 Å². The first kappa shape index (κ1) is 22.5. The Balaban J connectivity index is 1.51. The second-order valence-corrected chi connectivity index (χ2v) is 7.40. The third-order valence-electron chi connectivity index (χ3n) is 4.94. The van der Waals surface area contributed by atoms with Gasteiger partial charge in [0, 0.05) is 6.07 Å². The lowest BCUT2D eigenvalue weighted by atomic mass is 10.2. The fraction of sp³-hybridized carbons (Fsp3) is 0.0741. The topological polar surface area (TPSA) is 86.0 Å². The molecule has 170 valence electrons. The van der Waals surface area contributed by atoms with Crippen molar-refractivity contribution in [1.82, 2.24) is 0 Å². The van der Waals surface area contributed by atoms with Crippen LogP contribution in [0.2, 0.25) is 0 Å². The summed E-state index contributed by atoms with van der Waals surface area (Å²) in [6, 6.07) is 31.6. The third kappa shape index (κ3) is 6.20. The number of hydrogen-bond donors (Lipinski definition) is 1. The zero-order valence-corrected chi connectivity index (χ0v) is 18.3. The summed E-state index contributed by atoms with van der Waals surface area (Å²) in [6.45, 7) is 0.798. The van der Waals surface area contributed by atoms with Gasteiger partial charge in [0.25, 0.3) is 5.69 Å². The normalized spacial score (nSPS) is 10.7. The van der Waals surface area contributed by atoms with E-state index in [1.807, 2.05) is 78.9 Å². The molecule has 34 heavy (non-hydrogen) atoms. The maximum atomic E-state index is 11.2. The van der Waals surface area contributed by atoms with Gasteiger partial charge in [0.1, 0.15) is 18.9 Å². The Morgan fingerprint density at radius 3 is 2.00 bits per heavy atom. The molecule has 0 atom stereocenters. The van der Waals surface area contributed by atoms with E-state index in [1.165, 1.54) is 6.07 Å². The van der Waals surface area contributed by atoms with E-state index in [1.54, 1.807) is 24.4 Å². The zero-order chi connectivity index (χ0) is 23.6. The summed E-state index contributed by atoms with van der Waals surface area (Å²) in [4.78, 5) is 10.7. The summed E-state index contributed by atoms with van der Waals surface area (Å²) in [7, 11) is 0. The number of rotatable bonds is 10. The van der Waals surface area contributed by atoms with Crippen LogP contribution in [-0.2, 0) is 13.2 Å². The molecular weight excluding hydrogens is 430 g/mol. The number of hydrazone groups is 1. The maximum absolute atomic E-state index is 11.2. The Morgan fingerprint density at radius 1 is 0.765 bits per heavy atom. The molecule has 4 aromatic carbocycles. The van der Waals surface area contributed by atoms with Crippen molar-refractivity contribution < 1.29 is 14.4 Å². The minimum Gasteiger partial charge on any atom is -0.485 e. The van der Waals surface area contributed by atoms with Crippen LogP contribution in [0, 0.1) is 10.1 Å². The van der Waals surface area contributed by atoms with Crippen LogP contribution < -0.4 is 14.9 Å². The van der Waals surface area contributed by atoms with Crippen LogP contribution in [0.3, 0.4) is 0 Å². The lowest BCUT2D eigenvalue weighted by Gasteiger charge is -2.14. The number of nitro groups is 1. The van der Waals surface area contributed by atoms with Crippen LogP contribution in [0.15, 0.2) is 108 Å². The lowest BCUT2D eigenvalue weighted by Crippen LogP contribution is -2.01. The highest BCUT2D eigenvalue weighted by Crippen LogP contribution is 2.30. The van der Waals surface area contributed by atoms with E-state index in [4.69, 9.17) is 9.47 Å². The summed E-state index contributed by atoms with van der Waals surface area (Å²) in [5.74, 6) is 1.19. The van der Waals surface area contributed by atoms with Gasteiger partial charge in [-0.1, -0.05) is 72.8 Å². The van der Waals surface area contributed by atoms with Gasteiger partial charge < -0.3 is 9.47 Å². The van der Waals surface area contributed by atoms with Crippen LogP contribution >= 0.6 is 0 Å². The van der Waals surface area contributed by atoms with Crippen molar-refractivity contribution in [2.24, 2.45) is 5.10 Å². The molecule has 0 amide bonds. The molecule has 0 aliphatic carbocycles. The van der Waals surface area contributed by atoms with E-state index in [0.29, 0.717) is 30.4 Å². The Bertz CT molecular complexity index is 1260. The average molecular weight is 453 g/mol. The fourth-order valence-electron chi connectivity index (χ4n) is 3.21. The molecule has 0 spiro atoms. The lowest BCUT2D eigenvalue weighted by molar-refractivity contribution is -0.384. The van der Waals surface area contributed by atoms with Crippen molar-refractivity contribution in [2.75, 3.05) is 5.43 Å². The van der Waals surface area contributed by atoms with Gasteiger partial charge in [0.05, 0.1) is 11.1 Å². The van der Waals surface area contributed by atoms with Gasteiger partial charge in [-0.25, -0.2) is 0 Å². The average Bonchev–Trinajstić information content (AvgIpc) is 2.88. The molecule has 1 N–H and O–H groups in total. The van der Waals surface area contributed by atoms with Crippen LogP contribution in [0.4, 0.5) is 11.4 Å². The Labute approximate surface area is 197 Å². The summed E-state index contributed by atoms with van der Waals surface area (Å²) >= 11 is 0. The van der Waals surface area contributed by atoms with Crippen molar-refractivity contribution in [3.05, 3.63) is 130 Å². The number of hydrogen-bond acceptors (Lipinski definition) is 6. The molecule has 0 unspecified atom stereocenters. The van der Waals surface area contributed by atoms with Crippen molar-refractivity contribution >= 4 is 17.6 Å². The number of para-hydroxylation sites is 2. The van der Waals surface area contributed by atoms with Crippen molar-refractivity contribution in [3.8, 4) is 11.5 Å². The standard InChI is InChI=1S/C27H23N3O4/c31-30(32)25-14-8-7-13-24(25)29-28-18-23-15-16-26(33-19-21-9-3-1-4-10-21)27(17-23)34-20-22-11-5-2-6-12-22/h1-18,29H,19-20H2. The van der Waals surface area contributed by atoms with E-state index < -0.39 is 4.92 Å². The Morgan fingerprint density at radius 2 is 1.35 bits per heavy atom. The first-order chi connectivity index (χ1) is 16.7. The number of nitro benzene ring substituents is 1. The number of anilines is 1. The molecule has 7 nitrogen and oxygen atoms in total. The van der Waals surface area contributed by atoms with Crippen molar-refractivity contribution in [1.29, 1.82) is 0 Å². The highest BCUT2D eigenvalue weighted by molar-refractivity contribution is 5.81. The van der Waals surface area contributed by atoms with E-state index in [0.717, 1.165) is 16.7 Å². The van der Waals surface area contributed by atoms with Gasteiger partial charge in [-0.15, -0.1) is 0 Å². The number of nitrogens with one attached hydrogen (secondary N) is 1. The molecule has 0 radical (unpaired) electrons. The minimum absolute atomic E-state index is 0.0452. The first-order valence-electron chi connectivity index (χ1n) is 10.7. The predicted molar refractivity (Wildman–Crippen MR) is 132 cm³/mol. The molecule has 4 rings (SSSR count). The van der Waals surface area contributed by atoms with Crippen LogP contribution in [0.1, 0.15) is 16.7 Å². The van der Waals surface area contributed by atoms with Gasteiger partial charge in [-0.2, -0.15) is 5.10 Å². The van der Waals surface area contributed by atoms with Gasteiger partial charge in [-0.3, -0.25) is 15.5 Å². The maximum Gasteiger partial charge on any atom is 0.294 e. The van der Waals surface area contributed by atoms with Crippen LogP contribution in [0.5, 0.6) is 11.5 Å². The van der Waals surface area contributed by atoms with Gasteiger partial charge in [0.2, 0.25) is 0 Å². The van der Waals surface area contributed by atoms with E-state index in [2.05, 4.69) is 10.5 Å². The molecule has 4 aromatic rings. The van der Waals surface area contributed by atoms with Crippen LogP contribution in [0.25, 0.3) is 0 Å². The molecule has 0 aromatic heterocycles. The molecule has 0 heterocycles. The number of nitrogens with zero attached hydrogens (tertiary/aromatic N) is 2. The molecule has 0 aliphatic rings. The monoisotopic (exact) mass is 453 g/mol. The molecular formula is C27H23N3O4. The first-order valence-corrected chi connectivity index (χ1v) is 10.7.